The van der Waals surface area contributed by atoms with E-state index in [9.17, 15) is 13.2 Å². The summed E-state index contributed by atoms with van der Waals surface area (Å²) in [7, 11) is 1.62. The number of halogens is 3. The second-order valence-corrected chi connectivity index (χ2v) is 4.62. The van der Waals surface area contributed by atoms with Gasteiger partial charge in [0.25, 0.3) is 0 Å². The Bertz CT molecular complexity index is 493. The first-order valence-corrected chi connectivity index (χ1v) is 7.31. The minimum absolute atomic E-state index is 0.0753. The van der Waals surface area contributed by atoms with Gasteiger partial charge in [-0.15, -0.1) is 13.2 Å². The average molecular weight is 333 g/mol. The van der Waals surface area contributed by atoms with Crippen LogP contribution in [0.25, 0.3) is 0 Å². The predicted octanol–water partition coefficient (Wildman–Crippen LogP) is 2.68. The normalized spacial score (nSPS) is 12.1. The van der Waals surface area contributed by atoms with Crippen molar-refractivity contribution in [2.75, 3.05) is 26.8 Å². The molecule has 130 valence electrons. The molecule has 0 heterocycles. The van der Waals surface area contributed by atoms with Crippen molar-refractivity contribution in [3.8, 4) is 5.75 Å². The molecule has 0 saturated carbocycles. The zero-order valence-corrected chi connectivity index (χ0v) is 13.2. The SMILES string of the molecule is CCNC(=NCc1ccccc1OC(F)(F)F)NCCCOC. The van der Waals surface area contributed by atoms with Crippen molar-refractivity contribution in [2.24, 2.45) is 4.99 Å². The Labute approximate surface area is 133 Å². The molecule has 5 nitrogen and oxygen atoms in total. The maximum absolute atomic E-state index is 12.4. The summed E-state index contributed by atoms with van der Waals surface area (Å²) in [6, 6.07) is 5.96. The summed E-state index contributed by atoms with van der Waals surface area (Å²) in [5.41, 5.74) is 0.360. The highest BCUT2D eigenvalue weighted by Crippen LogP contribution is 2.26. The van der Waals surface area contributed by atoms with E-state index >= 15 is 0 Å². The molecule has 0 aromatic heterocycles. The topological polar surface area (TPSA) is 54.9 Å². The molecule has 2 N–H and O–H groups in total. The Balaban J connectivity index is 2.71. The second-order valence-electron chi connectivity index (χ2n) is 4.62. The summed E-state index contributed by atoms with van der Waals surface area (Å²) in [6.45, 7) is 3.91. The lowest BCUT2D eigenvalue weighted by molar-refractivity contribution is -0.274. The van der Waals surface area contributed by atoms with Crippen molar-refractivity contribution in [3.05, 3.63) is 29.8 Å². The number of benzene rings is 1. The van der Waals surface area contributed by atoms with Gasteiger partial charge < -0.3 is 20.1 Å². The Morgan fingerprint density at radius 1 is 1.22 bits per heavy atom. The fraction of sp³-hybridized carbons (Fsp3) is 0.533. The molecule has 0 spiro atoms. The maximum Gasteiger partial charge on any atom is 0.573 e. The van der Waals surface area contributed by atoms with Gasteiger partial charge in [-0.25, -0.2) is 4.99 Å². The lowest BCUT2D eigenvalue weighted by Gasteiger charge is -2.13. The highest BCUT2D eigenvalue weighted by Gasteiger charge is 2.31. The highest BCUT2D eigenvalue weighted by atomic mass is 19.4. The van der Waals surface area contributed by atoms with Gasteiger partial charge in [0.2, 0.25) is 0 Å². The molecule has 23 heavy (non-hydrogen) atoms. The number of methoxy groups -OCH3 is 1. The number of nitrogens with zero attached hydrogens (tertiary/aromatic N) is 1. The van der Waals surface area contributed by atoms with Crippen molar-refractivity contribution < 1.29 is 22.6 Å². The van der Waals surface area contributed by atoms with Gasteiger partial charge in [-0.1, -0.05) is 18.2 Å². The Morgan fingerprint density at radius 2 is 1.96 bits per heavy atom. The van der Waals surface area contributed by atoms with Gasteiger partial charge in [-0.2, -0.15) is 0 Å². The van der Waals surface area contributed by atoms with E-state index in [0.29, 0.717) is 31.2 Å². The van der Waals surface area contributed by atoms with Gasteiger partial charge in [-0.05, 0) is 19.4 Å². The number of para-hydroxylation sites is 1. The summed E-state index contributed by atoms with van der Waals surface area (Å²) >= 11 is 0. The van der Waals surface area contributed by atoms with Crippen LogP contribution in [-0.4, -0.2) is 39.1 Å². The van der Waals surface area contributed by atoms with E-state index in [1.165, 1.54) is 12.1 Å². The summed E-state index contributed by atoms with van der Waals surface area (Å²) in [5, 5.41) is 6.12. The highest BCUT2D eigenvalue weighted by molar-refractivity contribution is 5.79. The first-order chi connectivity index (χ1) is 11.0. The molecule has 0 unspecified atom stereocenters. The minimum atomic E-state index is -4.72. The molecule has 0 saturated heterocycles. The van der Waals surface area contributed by atoms with Crippen LogP contribution in [0.15, 0.2) is 29.3 Å². The minimum Gasteiger partial charge on any atom is -0.405 e. The molecule has 0 atom stereocenters. The van der Waals surface area contributed by atoms with E-state index in [0.717, 1.165) is 6.42 Å². The van der Waals surface area contributed by atoms with Crippen LogP contribution in [0.3, 0.4) is 0 Å². The lowest BCUT2D eigenvalue weighted by atomic mass is 10.2. The van der Waals surface area contributed by atoms with Crippen LogP contribution in [0, 0.1) is 0 Å². The molecular formula is C15H22F3N3O2. The van der Waals surface area contributed by atoms with Crippen LogP contribution >= 0.6 is 0 Å². The third kappa shape index (κ3) is 8.29. The fourth-order valence-electron chi connectivity index (χ4n) is 1.79. The van der Waals surface area contributed by atoms with Crippen molar-refractivity contribution in [1.29, 1.82) is 0 Å². The second kappa shape index (κ2) is 9.94. The summed E-state index contributed by atoms with van der Waals surface area (Å²) < 4.78 is 46.1. The predicted molar refractivity (Wildman–Crippen MR) is 82.4 cm³/mol. The number of aliphatic imine (C=N–C) groups is 1. The summed E-state index contributed by atoms with van der Waals surface area (Å²) in [5.74, 6) is 0.296. The summed E-state index contributed by atoms with van der Waals surface area (Å²) in [6.07, 6.45) is -3.92. The number of guanidine groups is 1. The molecule has 0 fully saturated rings. The lowest BCUT2D eigenvalue weighted by Crippen LogP contribution is -2.38. The van der Waals surface area contributed by atoms with Crippen LogP contribution in [0.2, 0.25) is 0 Å². The van der Waals surface area contributed by atoms with Crippen molar-refractivity contribution in [1.82, 2.24) is 10.6 Å². The first kappa shape index (κ1) is 19.1. The van der Waals surface area contributed by atoms with Gasteiger partial charge in [0.1, 0.15) is 5.75 Å². The number of ether oxygens (including phenoxy) is 2. The molecule has 0 amide bonds. The molecule has 0 bridgehead atoms. The summed E-state index contributed by atoms with van der Waals surface area (Å²) in [4.78, 5) is 4.28. The van der Waals surface area contributed by atoms with E-state index < -0.39 is 6.36 Å². The largest absolute Gasteiger partial charge is 0.573 e. The quantitative estimate of drug-likeness (QED) is 0.436. The number of nitrogens with one attached hydrogen (secondary N) is 2. The van der Waals surface area contributed by atoms with Crippen LogP contribution < -0.4 is 15.4 Å². The van der Waals surface area contributed by atoms with Gasteiger partial charge in [0.15, 0.2) is 5.96 Å². The molecule has 0 aliphatic rings. The van der Waals surface area contributed by atoms with Crippen molar-refractivity contribution >= 4 is 5.96 Å². The van der Waals surface area contributed by atoms with Crippen LogP contribution in [0.4, 0.5) is 13.2 Å². The zero-order chi connectivity index (χ0) is 17.1. The van der Waals surface area contributed by atoms with Crippen LogP contribution in [0.5, 0.6) is 5.75 Å². The van der Waals surface area contributed by atoms with Crippen LogP contribution in [-0.2, 0) is 11.3 Å². The van der Waals surface area contributed by atoms with Crippen molar-refractivity contribution in [2.45, 2.75) is 26.3 Å². The van der Waals surface area contributed by atoms with Crippen molar-refractivity contribution in [3.63, 3.8) is 0 Å². The monoisotopic (exact) mass is 333 g/mol. The molecule has 1 aromatic carbocycles. The smallest absolute Gasteiger partial charge is 0.405 e. The number of rotatable bonds is 8. The Morgan fingerprint density at radius 3 is 2.61 bits per heavy atom. The van der Waals surface area contributed by atoms with E-state index in [-0.39, 0.29) is 12.3 Å². The van der Waals surface area contributed by atoms with Crippen LogP contribution in [0.1, 0.15) is 18.9 Å². The Hall–Kier alpha value is -1.96. The average Bonchev–Trinajstić information content (AvgIpc) is 2.49. The molecule has 0 aliphatic heterocycles. The molecular weight excluding hydrogens is 311 g/mol. The van der Waals surface area contributed by atoms with Gasteiger partial charge >= 0.3 is 6.36 Å². The number of hydrogen-bond acceptors (Lipinski definition) is 3. The standard InChI is InChI=1S/C15H22F3N3O2/c1-3-19-14(20-9-6-10-22-2)21-11-12-7-4-5-8-13(12)23-15(16,17)18/h4-5,7-8H,3,6,9-11H2,1-2H3,(H2,19,20,21). The van der Waals surface area contributed by atoms with Gasteiger partial charge in [0.05, 0.1) is 6.54 Å². The Kier molecular flexibility index (Phi) is 8.25. The first-order valence-electron chi connectivity index (χ1n) is 7.31. The molecule has 1 aromatic rings. The van der Waals surface area contributed by atoms with E-state index in [1.54, 1.807) is 19.2 Å². The molecule has 0 radical (unpaired) electrons. The fourth-order valence-corrected chi connectivity index (χ4v) is 1.79. The maximum atomic E-state index is 12.4. The number of hydrogen-bond donors (Lipinski definition) is 2. The zero-order valence-electron chi connectivity index (χ0n) is 13.2. The third-order valence-electron chi connectivity index (χ3n) is 2.77. The number of alkyl halides is 3. The van der Waals surface area contributed by atoms with Gasteiger partial charge in [-0.3, -0.25) is 0 Å². The van der Waals surface area contributed by atoms with Gasteiger partial charge in [0, 0.05) is 32.4 Å². The van der Waals surface area contributed by atoms with E-state index in [1.807, 2.05) is 6.92 Å². The van der Waals surface area contributed by atoms with E-state index in [4.69, 9.17) is 4.74 Å². The third-order valence-corrected chi connectivity index (χ3v) is 2.77. The molecule has 8 heteroatoms. The molecule has 0 aliphatic carbocycles. The molecule has 1 rings (SSSR count). The van der Waals surface area contributed by atoms with E-state index in [2.05, 4.69) is 20.4 Å².